The third-order valence-electron chi connectivity index (χ3n) is 5.15. The number of aromatic nitrogens is 1. The average molecular weight is 553 g/mol. The van der Waals surface area contributed by atoms with Crippen molar-refractivity contribution >= 4 is 41.3 Å². The lowest BCUT2D eigenvalue weighted by molar-refractivity contribution is -0.140. The Morgan fingerprint density at radius 3 is 2.53 bits per heavy atom. The first-order chi connectivity index (χ1) is 13.7. The fourth-order valence-electron chi connectivity index (χ4n) is 3.33. The molecule has 3 rings (SSSR count). The van der Waals surface area contributed by atoms with E-state index < -0.39 is 11.9 Å². The van der Waals surface area contributed by atoms with Crippen molar-refractivity contribution in [2.75, 3.05) is 20.1 Å². The molecule has 0 spiro atoms. The number of fused-ring (bicyclic) bond motifs is 1. The molecular weight excluding hydrogens is 526 g/mol. The molecule has 1 aromatic heterocycles. The summed E-state index contributed by atoms with van der Waals surface area (Å²) < 4.78 is 38.0. The van der Waals surface area contributed by atoms with E-state index in [1.165, 1.54) is 11.1 Å². The topological polar surface area (TPSA) is 52.6 Å². The summed E-state index contributed by atoms with van der Waals surface area (Å²) in [6.45, 7) is 7.08. The Kier molecular flexibility index (Phi) is 8.51. The van der Waals surface area contributed by atoms with E-state index in [2.05, 4.69) is 63.6 Å². The van der Waals surface area contributed by atoms with Crippen LogP contribution in [-0.2, 0) is 25.7 Å². The van der Waals surface area contributed by atoms with Gasteiger partial charge in [0.2, 0.25) is 0 Å². The maximum Gasteiger partial charge on any atom is 0.434 e. The number of thiazole rings is 1. The maximum atomic E-state index is 12.7. The molecule has 1 aliphatic heterocycles. The Bertz CT molecular complexity index is 866. The third-order valence-corrected chi connectivity index (χ3v) is 6.00. The largest absolute Gasteiger partial charge is 0.434 e. The molecule has 0 radical (unpaired) electrons. The molecule has 0 bridgehead atoms. The normalized spacial score (nSPS) is 15.3. The van der Waals surface area contributed by atoms with Gasteiger partial charge in [-0.3, -0.25) is 9.89 Å². The van der Waals surface area contributed by atoms with E-state index in [0.29, 0.717) is 17.5 Å². The number of nitrogens with one attached hydrogen (secondary N) is 2. The monoisotopic (exact) mass is 553 g/mol. The SMILES string of the molecule is CN=C(NCc1nc(C(F)(F)F)cs1)NCC(C)(C)N1CCc2ccccc2C1.I. The van der Waals surface area contributed by atoms with Gasteiger partial charge in [-0.25, -0.2) is 4.98 Å². The first-order valence-corrected chi connectivity index (χ1v) is 10.3. The zero-order valence-corrected chi connectivity index (χ0v) is 20.4. The van der Waals surface area contributed by atoms with Crippen LogP contribution in [0.15, 0.2) is 34.6 Å². The van der Waals surface area contributed by atoms with Crippen LogP contribution in [0.3, 0.4) is 0 Å². The summed E-state index contributed by atoms with van der Waals surface area (Å²) >= 11 is 0.984. The second kappa shape index (κ2) is 10.3. The lowest BCUT2D eigenvalue weighted by Crippen LogP contribution is -2.54. The number of halogens is 4. The van der Waals surface area contributed by atoms with Gasteiger partial charge in [0, 0.05) is 37.6 Å². The molecule has 0 saturated heterocycles. The van der Waals surface area contributed by atoms with Crippen molar-refractivity contribution in [3.8, 4) is 0 Å². The summed E-state index contributed by atoms with van der Waals surface area (Å²) in [7, 11) is 1.64. The van der Waals surface area contributed by atoms with Crippen LogP contribution < -0.4 is 10.6 Å². The highest BCUT2D eigenvalue weighted by Crippen LogP contribution is 2.30. The second-order valence-electron chi connectivity index (χ2n) is 7.66. The number of rotatable bonds is 5. The number of benzene rings is 1. The first-order valence-electron chi connectivity index (χ1n) is 9.47. The minimum atomic E-state index is -4.41. The van der Waals surface area contributed by atoms with Crippen molar-refractivity contribution in [2.45, 2.75) is 45.1 Å². The van der Waals surface area contributed by atoms with Gasteiger partial charge in [-0.05, 0) is 31.4 Å². The Morgan fingerprint density at radius 1 is 1.20 bits per heavy atom. The van der Waals surface area contributed by atoms with E-state index in [0.717, 1.165) is 36.2 Å². The van der Waals surface area contributed by atoms with Crippen molar-refractivity contribution in [1.29, 1.82) is 0 Å². The number of hydrogen-bond donors (Lipinski definition) is 2. The number of nitrogens with zero attached hydrogens (tertiary/aromatic N) is 3. The van der Waals surface area contributed by atoms with Crippen molar-refractivity contribution in [1.82, 2.24) is 20.5 Å². The van der Waals surface area contributed by atoms with Gasteiger partial charge < -0.3 is 10.6 Å². The fraction of sp³-hybridized carbons (Fsp3) is 0.500. The van der Waals surface area contributed by atoms with Crippen LogP contribution in [0, 0.1) is 0 Å². The quantitative estimate of drug-likeness (QED) is 0.330. The van der Waals surface area contributed by atoms with Crippen LogP contribution in [-0.4, -0.2) is 41.5 Å². The van der Waals surface area contributed by atoms with Gasteiger partial charge in [-0.15, -0.1) is 35.3 Å². The zero-order chi connectivity index (χ0) is 21.1. The lowest BCUT2D eigenvalue weighted by Gasteiger charge is -2.42. The van der Waals surface area contributed by atoms with Crippen LogP contribution in [0.5, 0.6) is 0 Å². The van der Waals surface area contributed by atoms with E-state index in [1.54, 1.807) is 7.05 Å². The van der Waals surface area contributed by atoms with Gasteiger partial charge >= 0.3 is 6.18 Å². The molecular formula is C20H27F3IN5S. The molecule has 0 atom stereocenters. The van der Waals surface area contributed by atoms with E-state index in [9.17, 15) is 13.2 Å². The number of hydrogen-bond acceptors (Lipinski definition) is 4. The smallest absolute Gasteiger partial charge is 0.355 e. The molecule has 1 aromatic carbocycles. The van der Waals surface area contributed by atoms with Crippen LogP contribution >= 0.6 is 35.3 Å². The lowest BCUT2D eigenvalue weighted by atomic mass is 9.94. The van der Waals surface area contributed by atoms with Crippen LogP contribution in [0.2, 0.25) is 0 Å². The van der Waals surface area contributed by atoms with Crippen molar-refractivity contribution in [2.24, 2.45) is 4.99 Å². The Labute approximate surface area is 196 Å². The number of guanidine groups is 1. The average Bonchev–Trinajstić information content (AvgIpc) is 3.17. The molecule has 166 valence electrons. The van der Waals surface area contributed by atoms with Gasteiger partial charge in [0.15, 0.2) is 11.7 Å². The van der Waals surface area contributed by atoms with E-state index in [-0.39, 0.29) is 36.1 Å². The van der Waals surface area contributed by atoms with Gasteiger partial charge in [0.1, 0.15) is 5.01 Å². The summed E-state index contributed by atoms with van der Waals surface area (Å²) in [6, 6.07) is 8.51. The molecule has 0 amide bonds. The van der Waals surface area contributed by atoms with Crippen LogP contribution in [0.4, 0.5) is 13.2 Å². The second-order valence-corrected chi connectivity index (χ2v) is 8.60. The molecule has 0 fully saturated rings. The summed E-state index contributed by atoms with van der Waals surface area (Å²) in [6.07, 6.45) is -3.38. The Balaban J connectivity index is 0.00000320. The van der Waals surface area contributed by atoms with Crippen molar-refractivity contribution in [3.05, 3.63) is 51.5 Å². The minimum Gasteiger partial charge on any atom is -0.355 e. The predicted octanol–water partition coefficient (Wildman–Crippen LogP) is 4.28. The Hall–Kier alpha value is -1.40. The molecule has 2 N–H and O–H groups in total. The molecule has 0 aliphatic carbocycles. The number of alkyl halides is 3. The van der Waals surface area contributed by atoms with Gasteiger partial charge in [-0.1, -0.05) is 24.3 Å². The van der Waals surface area contributed by atoms with Crippen molar-refractivity contribution < 1.29 is 13.2 Å². The molecule has 2 heterocycles. The molecule has 10 heteroatoms. The minimum absolute atomic E-state index is 0. The number of aliphatic imine (C=N–C) groups is 1. The summed E-state index contributed by atoms with van der Waals surface area (Å²) in [5.41, 5.74) is 1.80. The molecule has 5 nitrogen and oxygen atoms in total. The Morgan fingerprint density at radius 2 is 1.90 bits per heavy atom. The maximum absolute atomic E-state index is 12.7. The third kappa shape index (κ3) is 6.30. The predicted molar refractivity (Wildman–Crippen MR) is 125 cm³/mol. The fourth-order valence-corrected chi connectivity index (χ4v) is 4.07. The van der Waals surface area contributed by atoms with Crippen molar-refractivity contribution in [3.63, 3.8) is 0 Å². The summed E-state index contributed by atoms with van der Waals surface area (Å²) in [5, 5.41) is 7.73. The van der Waals surface area contributed by atoms with Crippen LogP contribution in [0.25, 0.3) is 0 Å². The molecule has 30 heavy (non-hydrogen) atoms. The standard InChI is InChI=1S/C20H26F3N5S.HI/c1-19(2,28-9-8-14-6-4-5-7-15(14)11-28)13-26-18(24-3)25-10-17-27-16(12-29-17)20(21,22)23;/h4-7,12H,8-11,13H2,1-3H3,(H2,24,25,26);1H. The first kappa shape index (κ1) is 24.9. The highest BCUT2D eigenvalue weighted by molar-refractivity contribution is 14.0. The highest BCUT2D eigenvalue weighted by Gasteiger charge is 2.33. The molecule has 0 saturated carbocycles. The summed E-state index contributed by atoms with van der Waals surface area (Å²) in [4.78, 5) is 10.2. The van der Waals surface area contributed by atoms with E-state index in [4.69, 9.17) is 0 Å². The van der Waals surface area contributed by atoms with E-state index in [1.807, 2.05) is 0 Å². The van der Waals surface area contributed by atoms with Gasteiger partial charge in [0.05, 0.1) is 6.54 Å². The van der Waals surface area contributed by atoms with Gasteiger partial charge in [-0.2, -0.15) is 13.2 Å². The van der Waals surface area contributed by atoms with Gasteiger partial charge in [0.25, 0.3) is 0 Å². The molecule has 0 unspecified atom stereocenters. The summed E-state index contributed by atoms with van der Waals surface area (Å²) in [5.74, 6) is 0.541. The highest BCUT2D eigenvalue weighted by atomic mass is 127. The molecule has 1 aliphatic rings. The van der Waals surface area contributed by atoms with Crippen LogP contribution in [0.1, 0.15) is 35.7 Å². The molecule has 2 aromatic rings. The van der Waals surface area contributed by atoms with E-state index >= 15 is 0 Å². The zero-order valence-electron chi connectivity index (χ0n) is 17.2.